The zero-order valence-electron chi connectivity index (χ0n) is 12.1. The number of hydrogen-bond donors (Lipinski definition) is 1. The number of nitrogens with zero attached hydrogens (tertiary/aromatic N) is 2. The number of rotatable bonds is 5. The predicted octanol–water partition coefficient (Wildman–Crippen LogP) is 2.36. The van der Waals surface area contributed by atoms with Gasteiger partial charge >= 0.3 is 0 Å². The van der Waals surface area contributed by atoms with E-state index in [2.05, 4.69) is 16.8 Å². The first-order valence-electron chi connectivity index (χ1n) is 7.05. The van der Waals surface area contributed by atoms with Crippen LogP contribution >= 0.6 is 11.6 Å². The molecule has 1 heterocycles. The van der Waals surface area contributed by atoms with Gasteiger partial charge in [-0.25, -0.2) is 4.39 Å². The van der Waals surface area contributed by atoms with Crippen LogP contribution in [0.3, 0.4) is 0 Å². The lowest BCUT2D eigenvalue weighted by Crippen LogP contribution is -2.35. The number of nitrogens with two attached hydrogens (primary N) is 1. The molecule has 1 fully saturated rings. The number of benzene rings is 1. The Kier molecular flexibility index (Phi) is 5.38. The minimum atomic E-state index is -0.347. The molecule has 1 aliphatic heterocycles. The molecule has 0 radical (unpaired) electrons. The lowest BCUT2D eigenvalue weighted by Gasteiger charge is -2.30. The fourth-order valence-corrected chi connectivity index (χ4v) is 3.21. The Morgan fingerprint density at radius 2 is 2.30 bits per heavy atom. The zero-order valence-corrected chi connectivity index (χ0v) is 12.9. The van der Waals surface area contributed by atoms with Crippen molar-refractivity contribution in [1.29, 1.82) is 0 Å². The van der Waals surface area contributed by atoms with Gasteiger partial charge in [0.15, 0.2) is 0 Å². The van der Waals surface area contributed by atoms with Crippen LogP contribution in [0.15, 0.2) is 18.2 Å². The van der Waals surface area contributed by atoms with Crippen LogP contribution in [0.2, 0.25) is 5.02 Å². The summed E-state index contributed by atoms with van der Waals surface area (Å²) in [5.74, 6) is 0.279. The molecule has 2 rings (SSSR count). The second kappa shape index (κ2) is 6.85. The molecule has 0 bridgehead atoms. The highest BCUT2D eigenvalue weighted by Crippen LogP contribution is 2.27. The van der Waals surface area contributed by atoms with Gasteiger partial charge in [0.2, 0.25) is 0 Å². The van der Waals surface area contributed by atoms with Gasteiger partial charge in [-0.1, -0.05) is 23.7 Å². The molecule has 0 aromatic heterocycles. The normalized spacial score (nSPS) is 21.6. The minimum absolute atomic E-state index is 0.125. The summed E-state index contributed by atoms with van der Waals surface area (Å²) in [6, 6.07) is 5.00. The van der Waals surface area contributed by atoms with Crippen molar-refractivity contribution in [3.8, 4) is 0 Å². The standard InChI is InChI=1S/C15H23ClFN3/c1-19-7-6-11(9-19)10-20(2)14(8-18)12-4-3-5-13(16)15(12)17/h3-5,11,14H,6-10,18H2,1-2H3. The van der Waals surface area contributed by atoms with E-state index in [1.807, 2.05) is 7.05 Å². The molecule has 2 N–H and O–H groups in total. The van der Waals surface area contributed by atoms with Crippen molar-refractivity contribution in [2.75, 3.05) is 40.3 Å². The zero-order chi connectivity index (χ0) is 14.7. The number of likely N-dealkylation sites (N-methyl/N-ethyl adjacent to an activating group) is 1. The summed E-state index contributed by atoms with van der Waals surface area (Å²) in [5.41, 5.74) is 6.46. The average Bonchev–Trinajstić information content (AvgIpc) is 2.81. The van der Waals surface area contributed by atoms with Crippen LogP contribution in [-0.2, 0) is 0 Å². The van der Waals surface area contributed by atoms with Gasteiger partial charge < -0.3 is 10.6 Å². The van der Waals surface area contributed by atoms with E-state index >= 15 is 0 Å². The molecule has 20 heavy (non-hydrogen) atoms. The van der Waals surface area contributed by atoms with E-state index in [-0.39, 0.29) is 16.9 Å². The Balaban J connectivity index is 2.09. The molecule has 1 aromatic rings. The van der Waals surface area contributed by atoms with Crippen molar-refractivity contribution in [2.24, 2.45) is 11.7 Å². The van der Waals surface area contributed by atoms with Gasteiger partial charge in [-0.3, -0.25) is 4.90 Å². The van der Waals surface area contributed by atoms with Crippen LogP contribution in [-0.4, -0.2) is 50.1 Å². The summed E-state index contributed by atoms with van der Waals surface area (Å²) in [5, 5.41) is 0.162. The van der Waals surface area contributed by atoms with Crippen molar-refractivity contribution in [2.45, 2.75) is 12.5 Å². The van der Waals surface area contributed by atoms with Crippen molar-refractivity contribution in [3.05, 3.63) is 34.6 Å². The first-order valence-corrected chi connectivity index (χ1v) is 7.43. The van der Waals surface area contributed by atoms with E-state index < -0.39 is 0 Å². The Morgan fingerprint density at radius 1 is 1.55 bits per heavy atom. The fourth-order valence-electron chi connectivity index (χ4n) is 3.03. The average molecular weight is 300 g/mol. The molecule has 0 spiro atoms. The summed E-state index contributed by atoms with van der Waals surface area (Å²) in [7, 11) is 4.15. The number of halogens is 2. The molecule has 2 atom stereocenters. The molecule has 112 valence electrons. The van der Waals surface area contributed by atoms with Crippen molar-refractivity contribution in [3.63, 3.8) is 0 Å². The second-order valence-corrected chi connectivity index (χ2v) is 6.16. The van der Waals surface area contributed by atoms with E-state index in [1.54, 1.807) is 18.2 Å². The van der Waals surface area contributed by atoms with Gasteiger partial charge in [0, 0.05) is 31.2 Å². The molecule has 1 aliphatic rings. The maximum atomic E-state index is 14.2. The van der Waals surface area contributed by atoms with Gasteiger partial charge in [-0.05, 0) is 39.0 Å². The summed E-state index contributed by atoms with van der Waals surface area (Å²) in [4.78, 5) is 4.48. The summed E-state index contributed by atoms with van der Waals surface area (Å²) >= 11 is 5.87. The monoisotopic (exact) mass is 299 g/mol. The van der Waals surface area contributed by atoms with Crippen molar-refractivity contribution in [1.82, 2.24) is 9.80 Å². The third-order valence-electron chi connectivity index (χ3n) is 4.13. The summed E-state index contributed by atoms with van der Waals surface area (Å²) < 4.78 is 14.2. The van der Waals surface area contributed by atoms with Crippen LogP contribution < -0.4 is 5.73 Å². The van der Waals surface area contributed by atoms with Crippen LogP contribution in [0, 0.1) is 11.7 Å². The maximum absolute atomic E-state index is 14.2. The highest BCUT2D eigenvalue weighted by molar-refractivity contribution is 6.30. The third kappa shape index (κ3) is 3.50. The van der Waals surface area contributed by atoms with E-state index in [9.17, 15) is 4.39 Å². The molecule has 2 unspecified atom stereocenters. The van der Waals surface area contributed by atoms with Crippen molar-refractivity contribution < 1.29 is 4.39 Å². The lowest BCUT2D eigenvalue weighted by molar-refractivity contribution is 0.208. The van der Waals surface area contributed by atoms with Crippen LogP contribution in [0.1, 0.15) is 18.0 Å². The summed E-state index contributed by atoms with van der Waals surface area (Å²) in [6.07, 6.45) is 1.19. The molecular weight excluding hydrogens is 277 g/mol. The highest BCUT2D eigenvalue weighted by Gasteiger charge is 2.25. The topological polar surface area (TPSA) is 32.5 Å². The number of likely N-dealkylation sites (tertiary alicyclic amines) is 1. The fraction of sp³-hybridized carbons (Fsp3) is 0.600. The van der Waals surface area contributed by atoms with Gasteiger partial charge in [0.25, 0.3) is 0 Å². The SMILES string of the molecule is CN1CCC(CN(C)C(CN)c2cccc(Cl)c2F)C1. The lowest BCUT2D eigenvalue weighted by atomic mass is 10.0. The van der Waals surface area contributed by atoms with Gasteiger partial charge in [0.05, 0.1) is 5.02 Å². The number of hydrogen-bond acceptors (Lipinski definition) is 3. The van der Waals surface area contributed by atoms with Crippen molar-refractivity contribution >= 4 is 11.6 Å². The first-order chi connectivity index (χ1) is 9.52. The smallest absolute Gasteiger partial charge is 0.146 e. The van der Waals surface area contributed by atoms with E-state index in [4.69, 9.17) is 17.3 Å². The maximum Gasteiger partial charge on any atom is 0.146 e. The Morgan fingerprint density at radius 3 is 2.90 bits per heavy atom. The van der Waals surface area contributed by atoms with Gasteiger partial charge in [-0.2, -0.15) is 0 Å². The van der Waals surface area contributed by atoms with Crippen LogP contribution in [0.25, 0.3) is 0 Å². The van der Waals surface area contributed by atoms with Crippen LogP contribution in [0.4, 0.5) is 4.39 Å². The quantitative estimate of drug-likeness (QED) is 0.906. The summed E-state index contributed by atoms with van der Waals surface area (Å²) in [6.45, 7) is 3.55. The molecule has 3 nitrogen and oxygen atoms in total. The van der Waals surface area contributed by atoms with Gasteiger partial charge in [-0.15, -0.1) is 0 Å². The third-order valence-corrected chi connectivity index (χ3v) is 4.42. The predicted molar refractivity (Wildman–Crippen MR) is 81.4 cm³/mol. The van der Waals surface area contributed by atoms with Crippen LogP contribution in [0.5, 0.6) is 0 Å². The molecular formula is C15H23ClFN3. The highest BCUT2D eigenvalue weighted by atomic mass is 35.5. The first kappa shape index (κ1) is 15.7. The minimum Gasteiger partial charge on any atom is -0.329 e. The molecule has 0 aliphatic carbocycles. The second-order valence-electron chi connectivity index (χ2n) is 5.75. The van der Waals surface area contributed by atoms with E-state index in [0.29, 0.717) is 18.0 Å². The Bertz CT molecular complexity index is 455. The molecule has 0 amide bonds. The molecule has 0 saturated carbocycles. The molecule has 1 saturated heterocycles. The van der Waals surface area contributed by atoms with E-state index in [1.165, 1.54) is 6.42 Å². The molecule has 1 aromatic carbocycles. The van der Waals surface area contributed by atoms with Gasteiger partial charge in [0.1, 0.15) is 5.82 Å². The van der Waals surface area contributed by atoms with E-state index in [0.717, 1.165) is 19.6 Å². The Labute approximate surface area is 125 Å². The largest absolute Gasteiger partial charge is 0.329 e. The Hall–Kier alpha value is -0.680. The molecule has 5 heteroatoms.